The Balaban J connectivity index is 0.000000282. The number of nitrogens with zero attached hydrogens (tertiary/aromatic N) is 6. The predicted molar refractivity (Wildman–Crippen MR) is 118 cm³/mol. The number of fused-ring (bicyclic) bond motifs is 2. The molecule has 1 saturated carbocycles. The molecule has 4 heterocycles. The second-order valence-electron chi connectivity index (χ2n) is 8.11. The van der Waals surface area contributed by atoms with E-state index in [0.29, 0.717) is 17.7 Å². The van der Waals surface area contributed by atoms with Crippen LogP contribution >= 0.6 is 0 Å². The Bertz CT molecular complexity index is 1240. The average molecular weight is 423 g/mol. The standard InChI is InChI=1S/C16H13FN6O.C6H13N/c1-9-3-13(21-23-5-10(2)19-15(9)23)11-4-12(17)16-20-14(18-8-24)7-22(16)6-11;1-7(2)6-4-3-5-6/h3-8H,1-2H3,(H,18,24);6H,3-5H2,1-2H3. The number of hydrogen-bond acceptors (Lipinski definition) is 5. The summed E-state index contributed by atoms with van der Waals surface area (Å²) in [5.41, 5.74) is 3.95. The van der Waals surface area contributed by atoms with Crippen LogP contribution in [0.4, 0.5) is 10.2 Å². The number of carbonyl (C=O) groups excluding carboxylic acids is 1. The molecule has 4 aromatic heterocycles. The highest BCUT2D eigenvalue weighted by molar-refractivity contribution is 5.71. The van der Waals surface area contributed by atoms with Crippen LogP contribution in [0.2, 0.25) is 0 Å². The molecule has 5 rings (SSSR count). The number of aromatic nitrogens is 5. The molecule has 1 amide bonds. The van der Waals surface area contributed by atoms with Crippen molar-refractivity contribution in [2.24, 2.45) is 0 Å². The Morgan fingerprint density at radius 2 is 1.90 bits per heavy atom. The van der Waals surface area contributed by atoms with E-state index in [1.807, 2.05) is 26.1 Å². The fourth-order valence-electron chi connectivity index (χ4n) is 3.62. The first-order valence-corrected chi connectivity index (χ1v) is 10.2. The van der Waals surface area contributed by atoms with Gasteiger partial charge in [-0.15, -0.1) is 0 Å². The molecular weight excluding hydrogens is 397 g/mol. The number of rotatable bonds is 4. The summed E-state index contributed by atoms with van der Waals surface area (Å²) < 4.78 is 17.6. The van der Waals surface area contributed by atoms with E-state index in [1.165, 1.54) is 29.7 Å². The monoisotopic (exact) mass is 423 g/mol. The van der Waals surface area contributed by atoms with Gasteiger partial charge in [0.05, 0.1) is 23.8 Å². The van der Waals surface area contributed by atoms with Crippen LogP contribution in [-0.4, -0.2) is 55.4 Å². The third-order valence-corrected chi connectivity index (χ3v) is 5.54. The van der Waals surface area contributed by atoms with E-state index >= 15 is 0 Å². The zero-order valence-electron chi connectivity index (χ0n) is 18.1. The van der Waals surface area contributed by atoms with E-state index in [0.717, 1.165) is 22.9 Å². The number of imidazole rings is 2. The van der Waals surface area contributed by atoms with Crippen molar-refractivity contribution < 1.29 is 9.18 Å². The number of carbonyl (C=O) groups is 1. The summed E-state index contributed by atoms with van der Waals surface area (Å²) in [7, 11) is 4.31. The molecular formula is C22H26FN7O. The minimum atomic E-state index is -0.493. The Labute approximate surface area is 179 Å². The summed E-state index contributed by atoms with van der Waals surface area (Å²) in [6.45, 7) is 3.83. The van der Waals surface area contributed by atoms with Crippen LogP contribution in [0.5, 0.6) is 0 Å². The van der Waals surface area contributed by atoms with E-state index in [-0.39, 0.29) is 11.5 Å². The second-order valence-corrected chi connectivity index (χ2v) is 8.11. The maximum atomic E-state index is 14.4. The van der Waals surface area contributed by atoms with Gasteiger partial charge in [0.25, 0.3) is 0 Å². The molecule has 0 aliphatic heterocycles. The molecule has 0 spiro atoms. The maximum Gasteiger partial charge on any atom is 0.212 e. The molecule has 8 nitrogen and oxygen atoms in total. The van der Waals surface area contributed by atoms with Crippen LogP contribution in [0.15, 0.2) is 30.7 Å². The number of nitrogens with one attached hydrogen (secondary N) is 1. The lowest BCUT2D eigenvalue weighted by Crippen LogP contribution is -2.33. The van der Waals surface area contributed by atoms with Gasteiger partial charge in [-0.2, -0.15) is 5.10 Å². The molecule has 0 atom stereocenters. The van der Waals surface area contributed by atoms with Gasteiger partial charge in [0.15, 0.2) is 22.9 Å². The van der Waals surface area contributed by atoms with Gasteiger partial charge in [-0.3, -0.25) is 4.79 Å². The SMILES string of the molecule is CN(C)C1CCC1.Cc1cn2nc(-c3cc(F)c4nc(NC=O)cn4c3)cc(C)c2n1. The number of amides is 1. The number of pyridine rings is 1. The van der Waals surface area contributed by atoms with Crippen molar-refractivity contribution in [3.63, 3.8) is 0 Å². The number of aryl methyl sites for hydroxylation is 2. The van der Waals surface area contributed by atoms with Gasteiger partial charge < -0.3 is 14.6 Å². The third-order valence-electron chi connectivity index (χ3n) is 5.54. The van der Waals surface area contributed by atoms with Gasteiger partial charge in [-0.25, -0.2) is 18.9 Å². The number of halogens is 1. The van der Waals surface area contributed by atoms with Crippen molar-refractivity contribution >= 4 is 23.5 Å². The topological polar surface area (TPSA) is 79.8 Å². The minimum Gasteiger partial charge on any atom is -0.312 e. The van der Waals surface area contributed by atoms with E-state index in [1.54, 1.807) is 16.9 Å². The van der Waals surface area contributed by atoms with Crippen molar-refractivity contribution in [1.29, 1.82) is 0 Å². The zero-order valence-corrected chi connectivity index (χ0v) is 18.1. The van der Waals surface area contributed by atoms with Crippen LogP contribution in [-0.2, 0) is 4.79 Å². The van der Waals surface area contributed by atoms with Crippen LogP contribution < -0.4 is 5.32 Å². The molecule has 0 bridgehead atoms. The van der Waals surface area contributed by atoms with Gasteiger partial charge in [0.2, 0.25) is 6.41 Å². The second kappa shape index (κ2) is 8.43. The van der Waals surface area contributed by atoms with Crippen molar-refractivity contribution in [3.05, 3.63) is 47.8 Å². The van der Waals surface area contributed by atoms with E-state index in [4.69, 9.17) is 0 Å². The zero-order chi connectivity index (χ0) is 22.1. The number of hydrogen-bond donors (Lipinski definition) is 1. The molecule has 162 valence electrons. The fourth-order valence-corrected chi connectivity index (χ4v) is 3.62. The maximum absolute atomic E-state index is 14.4. The first-order chi connectivity index (χ1) is 14.9. The van der Waals surface area contributed by atoms with Crippen molar-refractivity contribution in [2.75, 3.05) is 19.4 Å². The predicted octanol–water partition coefficient (Wildman–Crippen LogP) is 3.47. The Morgan fingerprint density at radius 3 is 2.52 bits per heavy atom. The smallest absolute Gasteiger partial charge is 0.212 e. The Morgan fingerprint density at radius 1 is 1.13 bits per heavy atom. The van der Waals surface area contributed by atoms with Gasteiger partial charge in [-0.1, -0.05) is 6.42 Å². The molecule has 31 heavy (non-hydrogen) atoms. The summed E-state index contributed by atoms with van der Waals surface area (Å²) in [5.74, 6) is -0.210. The summed E-state index contributed by atoms with van der Waals surface area (Å²) in [5, 5.41) is 6.91. The van der Waals surface area contributed by atoms with E-state index in [2.05, 4.69) is 39.4 Å². The largest absolute Gasteiger partial charge is 0.312 e. The Hall–Kier alpha value is -3.33. The van der Waals surface area contributed by atoms with Gasteiger partial charge in [-0.05, 0) is 58.5 Å². The Kier molecular flexibility index (Phi) is 5.69. The molecule has 0 saturated heterocycles. The molecule has 9 heteroatoms. The van der Waals surface area contributed by atoms with Crippen LogP contribution in [0.25, 0.3) is 22.6 Å². The highest BCUT2D eigenvalue weighted by atomic mass is 19.1. The minimum absolute atomic E-state index is 0.138. The lowest BCUT2D eigenvalue weighted by atomic mass is 9.92. The summed E-state index contributed by atoms with van der Waals surface area (Å²) in [4.78, 5) is 21.3. The van der Waals surface area contributed by atoms with E-state index in [9.17, 15) is 9.18 Å². The first kappa shape index (κ1) is 20.9. The molecule has 1 N–H and O–H groups in total. The molecule has 4 aromatic rings. The lowest BCUT2D eigenvalue weighted by molar-refractivity contribution is -0.105. The molecule has 0 unspecified atom stereocenters. The van der Waals surface area contributed by atoms with Gasteiger partial charge >= 0.3 is 0 Å². The number of anilines is 1. The van der Waals surface area contributed by atoms with Crippen LogP contribution in [0.1, 0.15) is 30.5 Å². The summed E-state index contributed by atoms with van der Waals surface area (Å²) in [6, 6.07) is 4.16. The quantitative estimate of drug-likeness (QED) is 0.509. The van der Waals surface area contributed by atoms with E-state index < -0.39 is 5.82 Å². The summed E-state index contributed by atoms with van der Waals surface area (Å²) >= 11 is 0. The third kappa shape index (κ3) is 4.27. The molecule has 1 aliphatic carbocycles. The van der Waals surface area contributed by atoms with Crippen LogP contribution in [0, 0.1) is 19.7 Å². The van der Waals surface area contributed by atoms with Crippen molar-refractivity contribution in [1.82, 2.24) is 28.9 Å². The molecule has 0 aromatic carbocycles. The highest BCUT2D eigenvalue weighted by Crippen LogP contribution is 2.24. The highest BCUT2D eigenvalue weighted by Gasteiger charge is 2.18. The fraction of sp³-hybridized carbons (Fsp3) is 0.364. The first-order valence-electron chi connectivity index (χ1n) is 10.2. The molecule has 1 aliphatic rings. The average Bonchev–Trinajstić information content (AvgIpc) is 3.23. The normalized spacial score (nSPS) is 13.9. The van der Waals surface area contributed by atoms with Crippen LogP contribution in [0.3, 0.4) is 0 Å². The van der Waals surface area contributed by atoms with Gasteiger partial charge in [0.1, 0.15) is 0 Å². The van der Waals surface area contributed by atoms with Crippen molar-refractivity contribution in [3.8, 4) is 11.3 Å². The van der Waals surface area contributed by atoms with Gasteiger partial charge in [0, 0.05) is 17.8 Å². The lowest BCUT2D eigenvalue weighted by Gasteiger charge is -2.31. The summed E-state index contributed by atoms with van der Waals surface area (Å²) in [6.07, 6.45) is 9.88. The molecule has 1 fully saturated rings. The van der Waals surface area contributed by atoms with Crippen molar-refractivity contribution in [2.45, 2.75) is 39.2 Å². The molecule has 0 radical (unpaired) electrons.